The van der Waals surface area contributed by atoms with Crippen molar-refractivity contribution in [2.24, 2.45) is 0 Å². The van der Waals surface area contributed by atoms with Gasteiger partial charge in [-0.3, -0.25) is 0 Å². The van der Waals surface area contributed by atoms with E-state index in [2.05, 4.69) is 29.2 Å². The first kappa shape index (κ1) is 9.59. The molecule has 1 aliphatic carbocycles. The molecular formula is C15H11NO2. The zero-order valence-electron chi connectivity index (χ0n) is 9.64. The Labute approximate surface area is 104 Å². The molecule has 0 aromatic heterocycles. The Bertz CT molecular complexity index is 687. The summed E-state index contributed by atoms with van der Waals surface area (Å²) < 4.78 is 10.7. The van der Waals surface area contributed by atoms with E-state index in [-0.39, 0.29) is 0 Å². The van der Waals surface area contributed by atoms with Crippen molar-refractivity contribution in [3.63, 3.8) is 0 Å². The van der Waals surface area contributed by atoms with Gasteiger partial charge in [0.25, 0.3) is 0 Å². The summed E-state index contributed by atoms with van der Waals surface area (Å²) >= 11 is 0. The van der Waals surface area contributed by atoms with Gasteiger partial charge >= 0.3 is 0 Å². The lowest BCUT2D eigenvalue weighted by atomic mass is 10.1. The Morgan fingerprint density at radius 2 is 1.61 bits per heavy atom. The topological polar surface area (TPSA) is 34.2 Å². The maximum atomic E-state index is 5.40. The number of rotatable bonds is 1. The summed E-state index contributed by atoms with van der Waals surface area (Å²) in [4.78, 5) is 3.42. The van der Waals surface area contributed by atoms with Crippen molar-refractivity contribution in [1.82, 2.24) is 4.98 Å². The number of aromatic nitrogens is 1. The molecule has 0 bridgehead atoms. The maximum Gasteiger partial charge on any atom is 0.231 e. The Morgan fingerprint density at radius 1 is 0.778 bits per heavy atom. The number of ether oxygens (including phenoxy) is 2. The highest BCUT2D eigenvalue weighted by atomic mass is 16.7. The lowest BCUT2D eigenvalue weighted by molar-refractivity contribution is 0.174. The Balaban J connectivity index is 1.85. The number of nitrogens with one attached hydrogen (secondary N) is 1. The van der Waals surface area contributed by atoms with Crippen LogP contribution < -0.4 is 9.47 Å². The second-order valence-corrected chi connectivity index (χ2v) is 4.33. The third kappa shape index (κ3) is 1.37. The van der Waals surface area contributed by atoms with Crippen molar-refractivity contribution >= 4 is 0 Å². The number of benzene rings is 1. The molecule has 0 atom stereocenters. The highest BCUT2D eigenvalue weighted by Gasteiger charge is 2.14. The van der Waals surface area contributed by atoms with Crippen molar-refractivity contribution in [3.05, 3.63) is 48.5 Å². The van der Waals surface area contributed by atoms with Gasteiger partial charge in [0.1, 0.15) is 0 Å². The van der Waals surface area contributed by atoms with Gasteiger partial charge in [-0.2, -0.15) is 0 Å². The largest absolute Gasteiger partial charge is 0.454 e. The Hall–Kier alpha value is -2.42. The molecule has 0 unspecified atom stereocenters. The van der Waals surface area contributed by atoms with E-state index in [1.807, 2.05) is 24.3 Å². The molecule has 0 saturated carbocycles. The van der Waals surface area contributed by atoms with Crippen LogP contribution in [0.25, 0.3) is 22.5 Å². The fraction of sp³-hybridized carbons (Fsp3) is 0.0667. The number of hydrogen-bond donors (Lipinski definition) is 1. The summed E-state index contributed by atoms with van der Waals surface area (Å²) in [6.45, 7) is 0.310. The number of pyridine rings is 1. The van der Waals surface area contributed by atoms with Crippen LogP contribution >= 0.6 is 0 Å². The standard InChI is InChI=1S/C15H11NO2/c1-2-10-4-6-13(16-12(10)3-1)11-5-7-14-15(8-11)18-9-17-14/h1-8,16H,9H2. The summed E-state index contributed by atoms with van der Waals surface area (Å²) in [5.74, 6) is 1.62. The maximum absolute atomic E-state index is 5.40. The van der Waals surface area contributed by atoms with E-state index >= 15 is 0 Å². The van der Waals surface area contributed by atoms with Crippen molar-refractivity contribution in [3.8, 4) is 34.0 Å². The quantitative estimate of drug-likeness (QED) is 0.702. The number of aromatic amines is 1. The van der Waals surface area contributed by atoms with E-state index in [0.717, 1.165) is 28.5 Å². The molecule has 0 fully saturated rings. The van der Waals surface area contributed by atoms with Crippen LogP contribution in [0.4, 0.5) is 0 Å². The average molecular weight is 237 g/mol. The molecule has 3 nitrogen and oxygen atoms in total. The normalized spacial score (nSPS) is 13.1. The highest BCUT2D eigenvalue weighted by Crippen LogP contribution is 2.36. The third-order valence-corrected chi connectivity index (χ3v) is 3.23. The zero-order valence-corrected chi connectivity index (χ0v) is 9.64. The van der Waals surface area contributed by atoms with Gasteiger partial charge in [-0.05, 0) is 35.9 Å². The van der Waals surface area contributed by atoms with Crippen LogP contribution in [0.1, 0.15) is 0 Å². The third-order valence-electron chi connectivity index (χ3n) is 3.23. The summed E-state index contributed by atoms with van der Waals surface area (Å²) in [5.41, 5.74) is 4.54. The number of H-pyrrole nitrogens is 1. The van der Waals surface area contributed by atoms with Crippen LogP contribution in [0.15, 0.2) is 48.5 Å². The number of fused-ring (bicyclic) bond motifs is 2. The summed E-state index contributed by atoms with van der Waals surface area (Å²) in [5, 5.41) is 0. The van der Waals surface area contributed by atoms with E-state index in [1.54, 1.807) is 0 Å². The van der Waals surface area contributed by atoms with Gasteiger partial charge < -0.3 is 14.5 Å². The second-order valence-electron chi connectivity index (χ2n) is 4.33. The molecule has 2 heterocycles. The molecule has 0 spiro atoms. The molecule has 1 aromatic carbocycles. The predicted octanol–water partition coefficient (Wildman–Crippen LogP) is 3.52. The van der Waals surface area contributed by atoms with Crippen molar-refractivity contribution in [2.75, 3.05) is 6.79 Å². The molecule has 0 saturated heterocycles. The van der Waals surface area contributed by atoms with Gasteiger partial charge in [0.15, 0.2) is 11.5 Å². The van der Waals surface area contributed by atoms with Crippen LogP contribution in [0.2, 0.25) is 0 Å². The minimum atomic E-state index is 0.310. The van der Waals surface area contributed by atoms with Crippen LogP contribution in [-0.2, 0) is 0 Å². The van der Waals surface area contributed by atoms with E-state index < -0.39 is 0 Å². The summed E-state index contributed by atoms with van der Waals surface area (Å²) in [7, 11) is 0. The molecule has 1 aromatic rings. The predicted molar refractivity (Wildman–Crippen MR) is 69.0 cm³/mol. The molecule has 2 aliphatic heterocycles. The first-order valence-corrected chi connectivity index (χ1v) is 5.88. The molecular weight excluding hydrogens is 226 g/mol. The van der Waals surface area contributed by atoms with E-state index in [1.165, 1.54) is 5.56 Å². The molecule has 18 heavy (non-hydrogen) atoms. The molecule has 1 N–H and O–H groups in total. The molecule has 0 radical (unpaired) electrons. The second kappa shape index (κ2) is 3.53. The van der Waals surface area contributed by atoms with E-state index in [0.29, 0.717) is 6.79 Å². The molecule has 3 heteroatoms. The highest BCUT2D eigenvalue weighted by molar-refractivity contribution is 5.71. The fourth-order valence-corrected chi connectivity index (χ4v) is 2.29. The van der Waals surface area contributed by atoms with Crippen molar-refractivity contribution < 1.29 is 9.47 Å². The van der Waals surface area contributed by atoms with Gasteiger partial charge in [0, 0.05) is 17.0 Å². The van der Waals surface area contributed by atoms with Crippen molar-refractivity contribution in [2.45, 2.75) is 0 Å². The Morgan fingerprint density at radius 3 is 2.61 bits per heavy atom. The number of hydrogen-bond acceptors (Lipinski definition) is 2. The monoisotopic (exact) mass is 237 g/mol. The first-order valence-electron chi connectivity index (χ1n) is 5.88. The fourth-order valence-electron chi connectivity index (χ4n) is 2.29. The van der Waals surface area contributed by atoms with Gasteiger partial charge in [0.05, 0.1) is 0 Å². The van der Waals surface area contributed by atoms with Crippen molar-refractivity contribution in [1.29, 1.82) is 0 Å². The van der Waals surface area contributed by atoms with Crippen LogP contribution in [0.5, 0.6) is 11.5 Å². The SMILES string of the molecule is c1cc2ccc(-c3ccc4c(c3)OCO4)[nH]c-2c1. The van der Waals surface area contributed by atoms with Crippen LogP contribution in [0, 0.1) is 0 Å². The minimum absolute atomic E-state index is 0.310. The molecule has 0 amide bonds. The van der Waals surface area contributed by atoms with E-state index in [4.69, 9.17) is 9.47 Å². The average Bonchev–Trinajstić information content (AvgIpc) is 3.05. The van der Waals surface area contributed by atoms with E-state index in [9.17, 15) is 0 Å². The smallest absolute Gasteiger partial charge is 0.231 e. The lowest BCUT2D eigenvalue weighted by Gasteiger charge is -2.07. The van der Waals surface area contributed by atoms with Gasteiger partial charge in [-0.25, -0.2) is 0 Å². The Kier molecular flexibility index (Phi) is 1.88. The zero-order chi connectivity index (χ0) is 11.9. The summed E-state index contributed by atoms with van der Waals surface area (Å²) in [6.07, 6.45) is 0. The summed E-state index contributed by atoms with van der Waals surface area (Å²) in [6, 6.07) is 16.4. The molecule has 4 rings (SSSR count). The lowest BCUT2D eigenvalue weighted by Crippen LogP contribution is -1.92. The molecule has 3 aliphatic rings. The van der Waals surface area contributed by atoms with Gasteiger partial charge in [-0.15, -0.1) is 0 Å². The van der Waals surface area contributed by atoms with Crippen LogP contribution in [-0.4, -0.2) is 11.8 Å². The van der Waals surface area contributed by atoms with Gasteiger partial charge in [-0.1, -0.05) is 18.2 Å². The van der Waals surface area contributed by atoms with Crippen LogP contribution in [0.3, 0.4) is 0 Å². The van der Waals surface area contributed by atoms with Gasteiger partial charge in [0.2, 0.25) is 6.79 Å². The molecule has 88 valence electrons. The minimum Gasteiger partial charge on any atom is -0.454 e. The first-order chi connectivity index (χ1) is 8.90.